The number of methoxy groups -OCH3 is 1. The number of hydrogen-bond donors (Lipinski definition) is 2. The van der Waals surface area contributed by atoms with Crippen molar-refractivity contribution in [3.63, 3.8) is 0 Å². The Balaban J connectivity index is 1.09. The fraction of sp³-hybridized carbons (Fsp3) is 0.333. The number of H-pyrrole nitrogens is 1. The molecule has 4 unspecified atom stereocenters. The van der Waals surface area contributed by atoms with Gasteiger partial charge in [-0.1, -0.05) is 41.7 Å². The van der Waals surface area contributed by atoms with Gasteiger partial charge in [0.2, 0.25) is 11.8 Å². The number of aryl methyl sites for hydroxylation is 1. The molecule has 258 valence electrons. The van der Waals surface area contributed by atoms with Gasteiger partial charge < -0.3 is 19.8 Å². The average Bonchev–Trinajstić information content (AvgIpc) is 3.83. The number of anilines is 2. The van der Waals surface area contributed by atoms with E-state index in [2.05, 4.69) is 10.3 Å². The number of benzene rings is 3. The van der Waals surface area contributed by atoms with E-state index in [4.69, 9.17) is 9.47 Å². The molecule has 9 nitrogen and oxygen atoms in total. The SMILES string of the molecule is COc1cc([C@H]2c3sc(=O)[nH]c3SC3C2[C@H]2C[C@@H]3C3C(=O)N(c4cccc(C(F)(F)F)c4)C(=O)C32)ccc1OCC(=O)Nc1ccccc1C. The molecule has 3 fully saturated rings. The number of fused-ring (bicyclic) bond motifs is 9. The smallest absolute Gasteiger partial charge is 0.416 e. The summed E-state index contributed by atoms with van der Waals surface area (Å²) in [7, 11) is 1.49. The number of aromatic nitrogens is 1. The van der Waals surface area contributed by atoms with Crippen molar-refractivity contribution in [2.24, 2.45) is 29.6 Å². The highest BCUT2D eigenvalue weighted by molar-refractivity contribution is 8.00. The molecule has 2 aliphatic carbocycles. The molecular weight excluding hydrogens is 692 g/mol. The van der Waals surface area contributed by atoms with Gasteiger partial charge in [-0.15, -0.1) is 11.8 Å². The highest BCUT2D eigenvalue weighted by Crippen LogP contribution is 2.69. The molecule has 4 aromatic rings. The largest absolute Gasteiger partial charge is 0.493 e. The fourth-order valence-corrected chi connectivity index (χ4v) is 11.4. The minimum atomic E-state index is -4.63. The number of ether oxygens (including phenoxy) is 2. The standard InChI is InChI=1S/C36H30F3N3O6S2/c1-16-6-3-4-9-22(16)40-25(43)15-48-23-11-10-17(12-24(23)47-2)26-27-20-14-21(30(27)49-32-31(26)50-35(46)41-32)29-28(20)33(44)42(34(29)45)19-8-5-7-18(13-19)36(37,38)39/h3-13,20-21,26-30H,14-15H2,1-2H3,(H,40,43)(H,41,46)/t20-,21-,26-,27?,28?,29?,30?/m1/s1. The summed E-state index contributed by atoms with van der Waals surface area (Å²) in [5, 5.41) is 3.44. The lowest BCUT2D eigenvalue weighted by Gasteiger charge is -2.43. The van der Waals surface area contributed by atoms with Crippen LogP contribution in [0.3, 0.4) is 0 Å². The van der Waals surface area contributed by atoms with Crippen molar-refractivity contribution in [1.29, 1.82) is 0 Å². The van der Waals surface area contributed by atoms with Gasteiger partial charge in [-0.2, -0.15) is 13.2 Å². The predicted molar refractivity (Wildman–Crippen MR) is 181 cm³/mol. The maximum Gasteiger partial charge on any atom is 0.416 e. The number of rotatable bonds is 7. The van der Waals surface area contributed by atoms with E-state index >= 15 is 0 Å². The lowest BCUT2D eigenvalue weighted by atomic mass is 9.68. The summed E-state index contributed by atoms with van der Waals surface area (Å²) in [6, 6.07) is 17.1. The Morgan fingerprint density at radius 3 is 2.48 bits per heavy atom. The average molecular weight is 722 g/mol. The topological polar surface area (TPSA) is 118 Å². The first-order chi connectivity index (χ1) is 23.9. The van der Waals surface area contributed by atoms with Crippen LogP contribution in [0.2, 0.25) is 0 Å². The van der Waals surface area contributed by atoms with Crippen molar-refractivity contribution in [3.05, 3.63) is 98.0 Å². The van der Waals surface area contributed by atoms with Crippen molar-refractivity contribution in [3.8, 4) is 11.5 Å². The summed E-state index contributed by atoms with van der Waals surface area (Å²) in [4.78, 5) is 57.8. The zero-order valence-electron chi connectivity index (χ0n) is 26.7. The van der Waals surface area contributed by atoms with E-state index in [1.54, 1.807) is 12.1 Å². The van der Waals surface area contributed by atoms with Crippen LogP contribution < -0.4 is 24.6 Å². The second-order valence-electron chi connectivity index (χ2n) is 13.1. The van der Waals surface area contributed by atoms with Crippen LogP contribution in [-0.4, -0.2) is 41.7 Å². The number of thiazole rings is 1. The molecule has 2 aliphatic heterocycles. The number of para-hydroxylation sites is 1. The van der Waals surface area contributed by atoms with E-state index in [-0.39, 0.29) is 52.0 Å². The molecule has 3 amide bonds. The van der Waals surface area contributed by atoms with Crippen molar-refractivity contribution in [1.82, 2.24) is 4.98 Å². The van der Waals surface area contributed by atoms with Crippen molar-refractivity contribution in [2.75, 3.05) is 23.9 Å². The van der Waals surface area contributed by atoms with Crippen LogP contribution in [0.5, 0.6) is 11.5 Å². The maximum atomic E-state index is 14.0. The van der Waals surface area contributed by atoms with Gasteiger partial charge in [0.05, 0.1) is 35.2 Å². The second-order valence-corrected chi connectivity index (χ2v) is 15.3. The molecule has 3 heterocycles. The predicted octanol–water partition coefficient (Wildman–Crippen LogP) is 6.47. The highest BCUT2D eigenvalue weighted by atomic mass is 32.2. The molecule has 50 heavy (non-hydrogen) atoms. The molecule has 4 aliphatic rings. The second kappa shape index (κ2) is 12.0. The molecule has 2 bridgehead atoms. The van der Waals surface area contributed by atoms with Crippen LogP contribution in [-0.2, 0) is 20.6 Å². The van der Waals surface area contributed by atoms with Crippen LogP contribution >= 0.6 is 23.1 Å². The van der Waals surface area contributed by atoms with Crippen molar-refractivity contribution < 1.29 is 37.0 Å². The fourth-order valence-electron chi connectivity index (χ4n) is 8.51. The molecule has 0 spiro atoms. The van der Waals surface area contributed by atoms with Gasteiger partial charge >= 0.3 is 11.0 Å². The molecule has 2 N–H and O–H groups in total. The molecule has 2 saturated carbocycles. The molecule has 0 radical (unpaired) electrons. The summed E-state index contributed by atoms with van der Waals surface area (Å²) < 4.78 is 52.2. The molecule has 7 atom stereocenters. The Hall–Kier alpha value is -4.56. The highest BCUT2D eigenvalue weighted by Gasteiger charge is 2.69. The van der Waals surface area contributed by atoms with Crippen LogP contribution in [0.4, 0.5) is 24.5 Å². The number of amides is 3. The summed E-state index contributed by atoms with van der Waals surface area (Å²) >= 11 is 2.62. The minimum absolute atomic E-state index is 0.0767. The maximum absolute atomic E-state index is 14.0. The van der Waals surface area contributed by atoms with E-state index in [9.17, 15) is 32.3 Å². The number of nitrogens with one attached hydrogen (secondary N) is 2. The number of thioether (sulfide) groups is 1. The lowest BCUT2D eigenvalue weighted by Crippen LogP contribution is -2.42. The number of carbonyl (C=O) groups is 3. The van der Waals surface area contributed by atoms with Crippen LogP contribution in [0.25, 0.3) is 0 Å². The van der Waals surface area contributed by atoms with Gasteiger partial charge in [0.1, 0.15) is 0 Å². The molecule has 3 aromatic carbocycles. The molecular formula is C36H30F3N3O6S2. The Morgan fingerprint density at radius 1 is 0.980 bits per heavy atom. The van der Waals surface area contributed by atoms with E-state index in [0.29, 0.717) is 28.6 Å². The van der Waals surface area contributed by atoms with Gasteiger partial charge in [0.15, 0.2) is 18.1 Å². The number of halogens is 3. The van der Waals surface area contributed by atoms with Gasteiger partial charge in [-0.05, 0) is 78.6 Å². The summed E-state index contributed by atoms with van der Waals surface area (Å²) in [6.07, 6.45) is -4.01. The van der Waals surface area contributed by atoms with Gasteiger partial charge in [0, 0.05) is 21.7 Å². The quantitative estimate of drug-likeness (QED) is 0.210. The number of carbonyl (C=O) groups excluding carboxylic acids is 3. The number of imide groups is 1. The van der Waals surface area contributed by atoms with Gasteiger partial charge in [-0.25, -0.2) is 0 Å². The van der Waals surface area contributed by atoms with E-state index in [1.807, 2.05) is 37.3 Å². The molecule has 1 aromatic heterocycles. The normalized spacial score (nSPS) is 26.4. The number of nitrogens with zero attached hydrogens (tertiary/aromatic N) is 1. The third-order valence-corrected chi connectivity index (χ3v) is 13.1. The Morgan fingerprint density at radius 2 is 1.74 bits per heavy atom. The number of hydrogen-bond acceptors (Lipinski definition) is 8. The van der Waals surface area contributed by atoms with Crippen LogP contribution in [0, 0.1) is 36.5 Å². The van der Waals surface area contributed by atoms with Crippen LogP contribution in [0.15, 0.2) is 76.6 Å². The Labute approximate surface area is 292 Å². The first kappa shape index (κ1) is 32.6. The third kappa shape index (κ3) is 5.22. The monoisotopic (exact) mass is 721 g/mol. The first-order valence-corrected chi connectivity index (χ1v) is 17.7. The Kier molecular flexibility index (Phi) is 7.86. The van der Waals surface area contributed by atoms with Gasteiger partial charge in [-0.3, -0.25) is 24.1 Å². The third-order valence-electron chi connectivity index (χ3n) is 10.5. The van der Waals surface area contributed by atoms with Gasteiger partial charge in [0.25, 0.3) is 5.91 Å². The summed E-state index contributed by atoms with van der Waals surface area (Å²) in [6.45, 7) is 1.63. The summed E-state index contributed by atoms with van der Waals surface area (Å²) in [5.74, 6) is -2.80. The van der Waals surface area contributed by atoms with E-state index in [1.165, 1.54) is 31.0 Å². The van der Waals surface area contributed by atoms with Crippen LogP contribution in [0.1, 0.15) is 33.9 Å². The first-order valence-electron chi connectivity index (χ1n) is 16.1. The number of aromatic amines is 1. The zero-order valence-corrected chi connectivity index (χ0v) is 28.3. The van der Waals surface area contributed by atoms with Crippen molar-refractivity contribution >= 4 is 52.2 Å². The van der Waals surface area contributed by atoms with Crippen molar-refractivity contribution in [2.45, 2.75) is 35.7 Å². The number of alkyl halides is 3. The zero-order chi connectivity index (χ0) is 35.1. The van der Waals surface area contributed by atoms with E-state index in [0.717, 1.165) is 44.4 Å². The minimum Gasteiger partial charge on any atom is -0.493 e. The summed E-state index contributed by atoms with van der Waals surface area (Å²) in [5.41, 5.74) is 1.41. The van der Waals surface area contributed by atoms with E-state index < -0.39 is 35.4 Å². The lowest BCUT2D eigenvalue weighted by molar-refractivity contribution is -0.137. The Bertz CT molecular complexity index is 2110. The molecule has 14 heteroatoms. The molecule has 8 rings (SSSR count). The molecule has 1 saturated heterocycles.